The summed E-state index contributed by atoms with van der Waals surface area (Å²) in [5, 5.41) is 2.47. The van der Waals surface area contributed by atoms with Crippen LogP contribution >= 0.6 is 28.5 Å². The Hall–Kier alpha value is 0.770. The van der Waals surface area contributed by atoms with Gasteiger partial charge >= 0.3 is 6.00 Å². The van der Waals surface area contributed by atoms with Crippen LogP contribution in [0.1, 0.15) is 13.8 Å². The quantitative estimate of drug-likeness (QED) is 0.655. The molecular weight excluding hydrogens is 168 g/mol. The molecule has 1 N–H and O–H groups in total. The van der Waals surface area contributed by atoms with Crippen LogP contribution in [0.25, 0.3) is 0 Å². The van der Waals surface area contributed by atoms with Gasteiger partial charge < -0.3 is 0 Å². The van der Waals surface area contributed by atoms with Gasteiger partial charge in [-0.15, -0.1) is 0 Å². The standard InChI is InChI=1S/C3H8Cl2NOP/c1-3(2)6-8(4,5)7/h3H,1-2H3,(H,6,7). The van der Waals surface area contributed by atoms with Gasteiger partial charge in [-0.05, 0) is 36.3 Å². The smallest absolute Gasteiger partial charge is 0.271 e. The Bertz CT molecular complexity index is 110. The molecule has 0 saturated carbocycles. The molecule has 0 aromatic rings. The largest absolute Gasteiger partial charge is 0.319 e. The lowest BCUT2D eigenvalue weighted by molar-refractivity contribution is 0.577. The monoisotopic (exact) mass is 175 g/mol. The first kappa shape index (κ1) is 8.77. The second-order valence-corrected chi connectivity index (χ2v) is 6.30. The van der Waals surface area contributed by atoms with Crippen molar-refractivity contribution in [2.75, 3.05) is 0 Å². The molecule has 0 aromatic heterocycles. The van der Waals surface area contributed by atoms with E-state index in [-0.39, 0.29) is 6.04 Å². The lowest BCUT2D eigenvalue weighted by Crippen LogP contribution is -2.14. The van der Waals surface area contributed by atoms with Crippen LogP contribution in [0, 0.1) is 0 Å². The summed E-state index contributed by atoms with van der Waals surface area (Å²) < 4.78 is 10.4. The minimum absolute atomic E-state index is 0.0656. The van der Waals surface area contributed by atoms with Crippen molar-refractivity contribution in [1.29, 1.82) is 0 Å². The van der Waals surface area contributed by atoms with Crippen molar-refractivity contribution in [3.8, 4) is 0 Å². The van der Waals surface area contributed by atoms with Gasteiger partial charge in [0.15, 0.2) is 0 Å². The molecule has 0 atom stereocenters. The normalized spacial score (nSPS) is 12.6. The van der Waals surface area contributed by atoms with Crippen LogP contribution in [-0.4, -0.2) is 6.04 Å². The number of halogens is 2. The van der Waals surface area contributed by atoms with Crippen molar-refractivity contribution < 1.29 is 4.57 Å². The van der Waals surface area contributed by atoms with Gasteiger partial charge in [0, 0.05) is 6.04 Å². The average molecular weight is 176 g/mol. The number of hydrogen-bond donors (Lipinski definition) is 1. The van der Waals surface area contributed by atoms with Gasteiger partial charge in [-0.2, -0.15) is 0 Å². The Kier molecular flexibility index (Phi) is 3.37. The van der Waals surface area contributed by atoms with E-state index in [1.807, 2.05) is 13.8 Å². The molecule has 0 radical (unpaired) electrons. The van der Waals surface area contributed by atoms with E-state index >= 15 is 0 Å². The summed E-state index contributed by atoms with van der Waals surface area (Å²) in [5.41, 5.74) is 0. The van der Waals surface area contributed by atoms with Crippen molar-refractivity contribution >= 4 is 28.5 Å². The molecule has 2 nitrogen and oxygen atoms in total. The van der Waals surface area contributed by atoms with Crippen LogP contribution in [0.4, 0.5) is 0 Å². The SMILES string of the molecule is CC(C)NP(=O)(Cl)Cl. The zero-order valence-electron chi connectivity index (χ0n) is 4.69. The van der Waals surface area contributed by atoms with Crippen LogP contribution < -0.4 is 5.09 Å². The van der Waals surface area contributed by atoms with E-state index < -0.39 is 6.00 Å². The summed E-state index contributed by atoms with van der Waals surface area (Å²) in [6, 6.07) is 0.0656. The summed E-state index contributed by atoms with van der Waals surface area (Å²) >= 11 is 10.3. The van der Waals surface area contributed by atoms with Gasteiger partial charge in [0.25, 0.3) is 0 Å². The average Bonchev–Trinajstić information content (AvgIpc) is 1.21. The van der Waals surface area contributed by atoms with Crippen molar-refractivity contribution in [2.45, 2.75) is 19.9 Å². The first-order valence-electron chi connectivity index (χ1n) is 2.19. The third-order valence-corrected chi connectivity index (χ3v) is 1.81. The van der Waals surface area contributed by atoms with Crippen molar-refractivity contribution in [3.05, 3.63) is 0 Å². The van der Waals surface area contributed by atoms with Crippen molar-refractivity contribution in [3.63, 3.8) is 0 Å². The fourth-order valence-corrected chi connectivity index (χ4v) is 2.07. The molecule has 0 aliphatic carbocycles. The minimum Gasteiger partial charge on any atom is -0.271 e. The lowest BCUT2D eigenvalue weighted by Gasteiger charge is -2.06. The van der Waals surface area contributed by atoms with Gasteiger partial charge in [-0.1, -0.05) is 0 Å². The highest BCUT2D eigenvalue weighted by Gasteiger charge is 2.12. The molecule has 8 heavy (non-hydrogen) atoms. The Morgan fingerprint density at radius 3 is 1.88 bits per heavy atom. The highest BCUT2D eigenvalue weighted by atomic mass is 35.9. The zero-order valence-corrected chi connectivity index (χ0v) is 7.10. The Morgan fingerprint density at radius 2 is 1.88 bits per heavy atom. The Balaban J connectivity index is 3.56. The Morgan fingerprint density at radius 1 is 1.50 bits per heavy atom. The van der Waals surface area contributed by atoms with E-state index in [1.54, 1.807) is 0 Å². The molecule has 0 aromatic carbocycles. The maximum atomic E-state index is 10.4. The molecule has 0 fully saturated rings. The van der Waals surface area contributed by atoms with E-state index in [0.29, 0.717) is 0 Å². The number of hydrogen-bond acceptors (Lipinski definition) is 1. The van der Waals surface area contributed by atoms with Crippen molar-refractivity contribution in [1.82, 2.24) is 5.09 Å². The van der Waals surface area contributed by atoms with E-state index in [4.69, 9.17) is 22.5 Å². The molecule has 0 rings (SSSR count). The predicted molar refractivity (Wildman–Crippen MR) is 37.6 cm³/mol. The topological polar surface area (TPSA) is 29.1 Å². The molecule has 50 valence electrons. The van der Waals surface area contributed by atoms with Crippen molar-refractivity contribution in [2.24, 2.45) is 0 Å². The Labute approximate surface area is 58.6 Å². The van der Waals surface area contributed by atoms with Gasteiger partial charge in [-0.25, -0.2) is 5.09 Å². The fourth-order valence-electron chi connectivity index (χ4n) is 0.301. The second kappa shape index (κ2) is 3.07. The first-order valence-corrected chi connectivity index (χ1v) is 5.70. The maximum Gasteiger partial charge on any atom is 0.319 e. The third-order valence-electron chi connectivity index (χ3n) is 0.408. The summed E-state index contributed by atoms with van der Waals surface area (Å²) in [4.78, 5) is 0. The third kappa shape index (κ3) is 6.77. The molecule has 0 unspecified atom stereocenters. The molecular formula is C3H8Cl2NOP. The lowest BCUT2D eigenvalue weighted by atomic mass is 10.4. The van der Waals surface area contributed by atoms with Gasteiger partial charge in [0.1, 0.15) is 0 Å². The number of nitrogens with one attached hydrogen (secondary N) is 1. The maximum absolute atomic E-state index is 10.4. The summed E-state index contributed by atoms with van der Waals surface area (Å²) in [7, 11) is 0. The molecule has 0 bridgehead atoms. The van der Waals surface area contributed by atoms with Crippen LogP contribution in [0.5, 0.6) is 0 Å². The van der Waals surface area contributed by atoms with E-state index in [0.717, 1.165) is 0 Å². The van der Waals surface area contributed by atoms with E-state index in [1.165, 1.54) is 0 Å². The fraction of sp³-hybridized carbons (Fsp3) is 1.00. The van der Waals surface area contributed by atoms with E-state index in [9.17, 15) is 4.57 Å². The zero-order chi connectivity index (χ0) is 6.78. The molecule has 0 aliphatic heterocycles. The second-order valence-electron chi connectivity index (χ2n) is 1.75. The van der Waals surface area contributed by atoms with Crippen LogP contribution in [-0.2, 0) is 4.57 Å². The van der Waals surface area contributed by atoms with Crippen LogP contribution in [0.3, 0.4) is 0 Å². The van der Waals surface area contributed by atoms with Gasteiger partial charge in [0.2, 0.25) is 0 Å². The van der Waals surface area contributed by atoms with Gasteiger partial charge in [0.05, 0.1) is 0 Å². The molecule has 0 amide bonds. The summed E-state index contributed by atoms with van der Waals surface area (Å²) in [6.07, 6.45) is 0. The van der Waals surface area contributed by atoms with Gasteiger partial charge in [-0.3, -0.25) is 4.57 Å². The summed E-state index contributed by atoms with van der Waals surface area (Å²) in [5.74, 6) is -3.03. The molecule has 5 heteroatoms. The molecule has 0 heterocycles. The first-order chi connectivity index (χ1) is 3.42. The van der Waals surface area contributed by atoms with E-state index in [2.05, 4.69) is 5.09 Å². The molecule has 0 spiro atoms. The highest BCUT2D eigenvalue weighted by Crippen LogP contribution is 2.52. The molecule has 0 aliphatic rings. The van der Waals surface area contributed by atoms with Crippen LogP contribution in [0.15, 0.2) is 0 Å². The molecule has 0 saturated heterocycles. The number of rotatable bonds is 2. The highest BCUT2D eigenvalue weighted by molar-refractivity contribution is 8.07. The summed E-state index contributed by atoms with van der Waals surface area (Å²) in [6.45, 7) is 3.63. The minimum atomic E-state index is -3.03. The predicted octanol–water partition coefficient (Wildman–Crippen LogP) is 2.57. The van der Waals surface area contributed by atoms with Crippen LogP contribution in [0.2, 0.25) is 0 Å².